The molecule has 0 spiro atoms. The first-order valence-corrected chi connectivity index (χ1v) is 6.45. The predicted octanol–water partition coefficient (Wildman–Crippen LogP) is 3.56. The molecule has 1 aromatic heterocycles. The molecule has 2 aromatic rings. The molecule has 0 saturated carbocycles. The molecule has 0 aliphatic heterocycles. The summed E-state index contributed by atoms with van der Waals surface area (Å²) in [6, 6.07) is 7.46. The molecule has 20 heavy (non-hydrogen) atoms. The lowest BCUT2D eigenvalue weighted by Gasteiger charge is -2.11. The molecule has 0 unspecified atom stereocenters. The van der Waals surface area contributed by atoms with Gasteiger partial charge in [-0.1, -0.05) is 17.7 Å². The van der Waals surface area contributed by atoms with Gasteiger partial charge in [0.25, 0.3) is 5.91 Å². The average Bonchev–Trinajstić information content (AvgIpc) is 2.44. The molecule has 0 fully saturated rings. The van der Waals surface area contributed by atoms with Gasteiger partial charge in [-0.3, -0.25) is 4.79 Å². The normalized spacial score (nSPS) is 10.2. The van der Waals surface area contributed by atoms with Crippen molar-refractivity contribution < 1.29 is 9.18 Å². The first-order valence-electron chi connectivity index (χ1n) is 6.07. The van der Waals surface area contributed by atoms with Crippen LogP contribution in [0.25, 0.3) is 0 Å². The zero-order valence-electron chi connectivity index (χ0n) is 10.8. The number of hydrogen-bond acceptors (Lipinski definition) is 3. The van der Waals surface area contributed by atoms with Gasteiger partial charge in [0.1, 0.15) is 11.6 Å². The van der Waals surface area contributed by atoms with E-state index >= 15 is 0 Å². The SMILES string of the molecule is CCNc1ncccc1C(=O)Nc1c(F)cccc1Cl. The van der Waals surface area contributed by atoms with Gasteiger partial charge in [-0.2, -0.15) is 0 Å². The van der Waals surface area contributed by atoms with Crippen LogP contribution in [-0.2, 0) is 0 Å². The number of anilines is 2. The number of nitrogens with zero attached hydrogens (tertiary/aromatic N) is 1. The van der Waals surface area contributed by atoms with E-state index < -0.39 is 11.7 Å². The van der Waals surface area contributed by atoms with Crippen molar-refractivity contribution in [2.75, 3.05) is 17.2 Å². The highest BCUT2D eigenvalue weighted by molar-refractivity contribution is 6.34. The van der Waals surface area contributed by atoms with E-state index in [0.29, 0.717) is 17.9 Å². The van der Waals surface area contributed by atoms with E-state index in [1.54, 1.807) is 18.3 Å². The van der Waals surface area contributed by atoms with Crippen LogP contribution in [0.3, 0.4) is 0 Å². The van der Waals surface area contributed by atoms with Gasteiger partial charge in [0, 0.05) is 12.7 Å². The van der Waals surface area contributed by atoms with Crippen LogP contribution in [0.15, 0.2) is 36.5 Å². The van der Waals surface area contributed by atoms with Crippen LogP contribution in [-0.4, -0.2) is 17.4 Å². The summed E-state index contributed by atoms with van der Waals surface area (Å²) in [6.45, 7) is 2.52. The lowest BCUT2D eigenvalue weighted by molar-refractivity contribution is 0.102. The fourth-order valence-electron chi connectivity index (χ4n) is 1.69. The Hall–Kier alpha value is -2.14. The van der Waals surface area contributed by atoms with Crippen LogP contribution in [0.2, 0.25) is 5.02 Å². The quantitative estimate of drug-likeness (QED) is 0.906. The summed E-state index contributed by atoms with van der Waals surface area (Å²) < 4.78 is 13.6. The number of rotatable bonds is 4. The summed E-state index contributed by atoms with van der Waals surface area (Å²) in [4.78, 5) is 16.3. The van der Waals surface area contributed by atoms with Crippen molar-refractivity contribution in [3.05, 3.63) is 52.9 Å². The summed E-state index contributed by atoms with van der Waals surface area (Å²) in [5, 5.41) is 5.59. The smallest absolute Gasteiger partial charge is 0.259 e. The van der Waals surface area contributed by atoms with Gasteiger partial charge >= 0.3 is 0 Å². The molecule has 0 saturated heterocycles. The number of halogens is 2. The van der Waals surface area contributed by atoms with Crippen LogP contribution in [0.1, 0.15) is 17.3 Å². The van der Waals surface area contributed by atoms with Gasteiger partial charge in [0.05, 0.1) is 16.3 Å². The summed E-state index contributed by atoms with van der Waals surface area (Å²) in [7, 11) is 0. The number of amides is 1. The minimum Gasteiger partial charge on any atom is -0.370 e. The van der Waals surface area contributed by atoms with E-state index in [1.165, 1.54) is 18.2 Å². The molecular weight excluding hydrogens is 281 g/mol. The topological polar surface area (TPSA) is 54.0 Å². The molecule has 1 amide bonds. The van der Waals surface area contributed by atoms with Gasteiger partial charge in [-0.15, -0.1) is 0 Å². The Bertz CT molecular complexity index is 613. The van der Waals surface area contributed by atoms with Crippen molar-refractivity contribution in [1.82, 2.24) is 4.98 Å². The minimum atomic E-state index is -0.584. The van der Waals surface area contributed by atoms with Gasteiger partial charge in [0.15, 0.2) is 0 Å². The third-order valence-corrected chi connectivity index (χ3v) is 2.91. The van der Waals surface area contributed by atoms with Crippen molar-refractivity contribution in [3.8, 4) is 0 Å². The third kappa shape index (κ3) is 3.05. The molecule has 2 N–H and O–H groups in total. The molecule has 0 aliphatic carbocycles. The fourth-order valence-corrected chi connectivity index (χ4v) is 1.91. The maximum absolute atomic E-state index is 13.6. The monoisotopic (exact) mass is 293 g/mol. The Balaban J connectivity index is 2.29. The number of carbonyl (C=O) groups is 1. The number of pyridine rings is 1. The van der Waals surface area contributed by atoms with E-state index in [4.69, 9.17) is 11.6 Å². The highest BCUT2D eigenvalue weighted by atomic mass is 35.5. The maximum Gasteiger partial charge on any atom is 0.259 e. The van der Waals surface area contributed by atoms with E-state index in [9.17, 15) is 9.18 Å². The molecule has 104 valence electrons. The zero-order valence-corrected chi connectivity index (χ0v) is 11.5. The van der Waals surface area contributed by atoms with Gasteiger partial charge < -0.3 is 10.6 Å². The van der Waals surface area contributed by atoms with E-state index in [-0.39, 0.29) is 10.7 Å². The molecular formula is C14H13ClFN3O. The Morgan fingerprint density at radius 3 is 2.85 bits per heavy atom. The molecule has 0 radical (unpaired) electrons. The second-order valence-corrected chi connectivity index (χ2v) is 4.39. The molecule has 6 heteroatoms. The van der Waals surface area contributed by atoms with Crippen LogP contribution < -0.4 is 10.6 Å². The Morgan fingerprint density at radius 1 is 1.35 bits per heavy atom. The first-order chi connectivity index (χ1) is 9.63. The Labute approximate surface area is 121 Å². The second kappa shape index (κ2) is 6.34. The van der Waals surface area contributed by atoms with Gasteiger partial charge in [0.2, 0.25) is 0 Å². The number of carbonyl (C=O) groups excluding carboxylic acids is 1. The number of para-hydroxylation sites is 1. The second-order valence-electron chi connectivity index (χ2n) is 3.98. The van der Waals surface area contributed by atoms with Gasteiger partial charge in [-0.05, 0) is 31.2 Å². The molecule has 1 heterocycles. The van der Waals surface area contributed by atoms with Crippen LogP contribution in [0, 0.1) is 5.82 Å². The molecule has 4 nitrogen and oxygen atoms in total. The van der Waals surface area contributed by atoms with Crippen molar-refractivity contribution in [2.24, 2.45) is 0 Å². The zero-order chi connectivity index (χ0) is 14.5. The van der Waals surface area contributed by atoms with Crippen molar-refractivity contribution >= 4 is 29.0 Å². The van der Waals surface area contributed by atoms with Crippen molar-refractivity contribution in [2.45, 2.75) is 6.92 Å². The number of aromatic nitrogens is 1. The van der Waals surface area contributed by atoms with Crippen LogP contribution >= 0.6 is 11.6 Å². The Kier molecular flexibility index (Phi) is 4.53. The Morgan fingerprint density at radius 2 is 2.15 bits per heavy atom. The maximum atomic E-state index is 13.6. The lowest BCUT2D eigenvalue weighted by atomic mass is 10.2. The first kappa shape index (κ1) is 14.3. The van der Waals surface area contributed by atoms with Crippen LogP contribution in [0.5, 0.6) is 0 Å². The minimum absolute atomic E-state index is 0.0366. The number of nitrogens with one attached hydrogen (secondary N) is 2. The molecule has 2 rings (SSSR count). The summed E-state index contributed by atoms with van der Waals surface area (Å²) in [5.41, 5.74) is 0.291. The lowest BCUT2D eigenvalue weighted by Crippen LogP contribution is -2.16. The van der Waals surface area contributed by atoms with E-state index in [1.807, 2.05) is 6.92 Å². The average molecular weight is 294 g/mol. The summed E-state index contributed by atoms with van der Waals surface area (Å²) >= 11 is 5.88. The van der Waals surface area contributed by atoms with E-state index in [0.717, 1.165) is 0 Å². The summed E-state index contributed by atoms with van der Waals surface area (Å²) in [6.07, 6.45) is 1.57. The summed E-state index contributed by atoms with van der Waals surface area (Å²) in [5.74, 6) is -0.610. The number of hydrogen-bond donors (Lipinski definition) is 2. The van der Waals surface area contributed by atoms with Crippen LogP contribution in [0.4, 0.5) is 15.9 Å². The van der Waals surface area contributed by atoms with E-state index in [2.05, 4.69) is 15.6 Å². The molecule has 0 aliphatic rings. The highest BCUT2D eigenvalue weighted by Gasteiger charge is 2.15. The van der Waals surface area contributed by atoms with Crippen molar-refractivity contribution in [1.29, 1.82) is 0 Å². The fraction of sp³-hybridized carbons (Fsp3) is 0.143. The molecule has 0 bridgehead atoms. The molecule has 1 aromatic carbocycles. The van der Waals surface area contributed by atoms with Gasteiger partial charge in [-0.25, -0.2) is 9.37 Å². The predicted molar refractivity (Wildman–Crippen MR) is 77.8 cm³/mol. The van der Waals surface area contributed by atoms with Crippen molar-refractivity contribution in [3.63, 3.8) is 0 Å². The highest BCUT2D eigenvalue weighted by Crippen LogP contribution is 2.25. The number of benzene rings is 1. The third-order valence-electron chi connectivity index (χ3n) is 2.60. The molecule has 0 atom stereocenters. The standard InChI is InChI=1S/C14H13ClFN3O/c1-2-17-13-9(5-4-8-18-13)14(20)19-12-10(15)6-3-7-11(12)16/h3-8H,2H2,1H3,(H,17,18)(H,19,20). The largest absolute Gasteiger partial charge is 0.370 e.